The first kappa shape index (κ1) is 14.9. The minimum Gasteiger partial charge on any atom is -0.497 e. The normalized spacial score (nSPS) is 10.2. The van der Waals surface area contributed by atoms with Gasteiger partial charge in [-0.3, -0.25) is 4.79 Å². The van der Waals surface area contributed by atoms with Crippen molar-refractivity contribution < 1.29 is 9.53 Å². The Kier molecular flexibility index (Phi) is 4.82. The maximum absolute atomic E-state index is 12.6. The Balaban J connectivity index is 2.20. The number of hydrogen-bond acceptors (Lipinski definition) is 3. The standard InChI is InChI=1S/C17H20N2O2/c1-3-19(12-14-7-4-5-10-16(14)18)17(20)13-8-6-9-15(11-13)21-2/h4-11H,3,12,18H2,1-2H3. The molecule has 0 atom stereocenters. The molecule has 0 bridgehead atoms. The summed E-state index contributed by atoms with van der Waals surface area (Å²) >= 11 is 0. The van der Waals surface area contributed by atoms with Crippen molar-refractivity contribution in [1.29, 1.82) is 0 Å². The van der Waals surface area contributed by atoms with Gasteiger partial charge in [0.1, 0.15) is 5.75 Å². The van der Waals surface area contributed by atoms with Crippen LogP contribution in [-0.4, -0.2) is 24.5 Å². The van der Waals surface area contributed by atoms with Gasteiger partial charge in [-0.2, -0.15) is 0 Å². The zero-order valence-corrected chi connectivity index (χ0v) is 12.4. The molecule has 0 aliphatic carbocycles. The van der Waals surface area contributed by atoms with Crippen molar-refractivity contribution in [3.05, 3.63) is 59.7 Å². The Bertz CT molecular complexity index is 626. The smallest absolute Gasteiger partial charge is 0.254 e. The van der Waals surface area contributed by atoms with Crippen molar-refractivity contribution in [3.63, 3.8) is 0 Å². The molecule has 2 rings (SSSR count). The third-order valence-electron chi connectivity index (χ3n) is 3.40. The third-order valence-corrected chi connectivity index (χ3v) is 3.40. The van der Waals surface area contributed by atoms with Crippen LogP contribution >= 0.6 is 0 Å². The molecule has 0 aromatic heterocycles. The second-order valence-corrected chi connectivity index (χ2v) is 4.75. The lowest BCUT2D eigenvalue weighted by atomic mass is 10.1. The van der Waals surface area contributed by atoms with Gasteiger partial charge in [-0.15, -0.1) is 0 Å². The Labute approximate surface area is 125 Å². The molecule has 2 aromatic carbocycles. The lowest BCUT2D eigenvalue weighted by Gasteiger charge is -2.22. The second-order valence-electron chi connectivity index (χ2n) is 4.75. The lowest BCUT2D eigenvalue weighted by Crippen LogP contribution is -2.30. The van der Waals surface area contributed by atoms with Gasteiger partial charge in [0.05, 0.1) is 7.11 Å². The number of amides is 1. The number of methoxy groups -OCH3 is 1. The molecule has 0 unspecified atom stereocenters. The molecule has 4 nitrogen and oxygen atoms in total. The van der Waals surface area contributed by atoms with Crippen LogP contribution in [0.4, 0.5) is 5.69 Å². The maximum Gasteiger partial charge on any atom is 0.254 e. The number of ether oxygens (including phenoxy) is 1. The summed E-state index contributed by atoms with van der Waals surface area (Å²) in [7, 11) is 1.59. The van der Waals surface area contributed by atoms with E-state index in [1.807, 2.05) is 43.3 Å². The van der Waals surface area contributed by atoms with Crippen molar-refractivity contribution in [2.75, 3.05) is 19.4 Å². The van der Waals surface area contributed by atoms with Gasteiger partial charge in [0, 0.05) is 24.3 Å². The summed E-state index contributed by atoms with van der Waals surface area (Å²) in [6.45, 7) is 3.07. The summed E-state index contributed by atoms with van der Waals surface area (Å²) in [6.07, 6.45) is 0. The third kappa shape index (κ3) is 3.54. The minimum atomic E-state index is -0.0281. The minimum absolute atomic E-state index is 0.0281. The summed E-state index contributed by atoms with van der Waals surface area (Å²) in [4.78, 5) is 14.4. The number of rotatable bonds is 5. The molecule has 110 valence electrons. The van der Waals surface area contributed by atoms with Gasteiger partial charge in [-0.1, -0.05) is 24.3 Å². The highest BCUT2D eigenvalue weighted by molar-refractivity contribution is 5.94. The number of hydrogen-bond donors (Lipinski definition) is 1. The van der Waals surface area contributed by atoms with Gasteiger partial charge >= 0.3 is 0 Å². The highest BCUT2D eigenvalue weighted by atomic mass is 16.5. The number of carbonyl (C=O) groups is 1. The van der Waals surface area contributed by atoms with Gasteiger partial charge in [0.25, 0.3) is 5.91 Å². The van der Waals surface area contributed by atoms with Crippen molar-refractivity contribution in [2.24, 2.45) is 0 Å². The Morgan fingerprint density at radius 1 is 1.19 bits per heavy atom. The lowest BCUT2D eigenvalue weighted by molar-refractivity contribution is 0.0752. The average Bonchev–Trinajstić information content (AvgIpc) is 2.53. The number of anilines is 1. The number of nitrogen functional groups attached to an aromatic ring is 1. The van der Waals surface area contributed by atoms with Gasteiger partial charge < -0.3 is 15.4 Å². The first-order valence-electron chi connectivity index (χ1n) is 6.92. The van der Waals surface area contributed by atoms with Crippen LogP contribution in [0.15, 0.2) is 48.5 Å². The zero-order valence-electron chi connectivity index (χ0n) is 12.4. The fourth-order valence-corrected chi connectivity index (χ4v) is 2.15. The highest BCUT2D eigenvalue weighted by Crippen LogP contribution is 2.18. The van der Waals surface area contributed by atoms with E-state index in [0.29, 0.717) is 30.1 Å². The second kappa shape index (κ2) is 6.79. The number of para-hydroxylation sites is 1. The topological polar surface area (TPSA) is 55.6 Å². The predicted molar refractivity (Wildman–Crippen MR) is 84.3 cm³/mol. The quantitative estimate of drug-likeness (QED) is 0.859. The number of nitrogens with two attached hydrogens (primary N) is 1. The van der Waals surface area contributed by atoms with E-state index in [9.17, 15) is 4.79 Å². The van der Waals surface area contributed by atoms with E-state index in [0.717, 1.165) is 5.56 Å². The maximum atomic E-state index is 12.6. The first-order valence-corrected chi connectivity index (χ1v) is 6.92. The summed E-state index contributed by atoms with van der Waals surface area (Å²) < 4.78 is 5.17. The van der Waals surface area contributed by atoms with Crippen molar-refractivity contribution in [1.82, 2.24) is 4.90 Å². The van der Waals surface area contributed by atoms with Crippen molar-refractivity contribution >= 4 is 11.6 Å². The van der Waals surface area contributed by atoms with E-state index in [2.05, 4.69) is 0 Å². The Morgan fingerprint density at radius 3 is 2.62 bits per heavy atom. The number of benzene rings is 2. The van der Waals surface area contributed by atoms with Crippen LogP contribution in [0.2, 0.25) is 0 Å². The molecule has 0 saturated heterocycles. The van der Waals surface area contributed by atoms with Crippen LogP contribution in [0.3, 0.4) is 0 Å². The SMILES string of the molecule is CCN(Cc1ccccc1N)C(=O)c1cccc(OC)c1. The molecule has 0 heterocycles. The molecule has 0 aliphatic rings. The number of carbonyl (C=O) groups excluding carboxylic acids is 1. The van der Waals surface area contributed by atoms with Crippen LogP contribution in [-0.2, 0) is 6.54 Å². The van der Waals surface area contributed by atoms with Crippen molar-refractivity contribution in [3.8, 4) is 5.75 Å². The molecular weight excluding hydrogens is 264 g/mol. The molecule has 4 heteroatoms. The van der Waals surface area contributed by atoms with E-state index < -0.39 is 0 Å². The van der Waals surface area contributed by atoms with Gasteiger partial charge in [0.2, 0.25) is 0 Å². The highest BCUT2D eigenvalue weighted by Gasteiger charge is 2.16. The molecule has 2 aromatic rings. The monoisotopic (exact) mass is 284 g/mol. The fourth-order valence-electron chi connectivity index (χ4n) is 2.15. The van der Waals surface area contributed by atoms with Crippen LogP contribution < -0.4 is 10.5 Å². The molecular formula is C17H20N2O2. The van der Waals surface area contributed by atoms with Crippen LogP contribution in [0.1, 0.15) is 22.8 Å². The molecule has 1 amide bonds. The Hall–Kier alpha value is -2.49. The van der Waals surface area contributed by atoms with E-state index in [4.69, 9.17) is 10.5 Å². The molecule has 21 heavy (non-hydrogen) atoms. The van der Waals surface area contributed by atoms with Gasteiger partial charge in [-0.25, -0.2) is 0 Å². The predicted octanol–water partition coefficient (Wildman–Crippen LogP) is 2.94. The summed E-state index contributed by atoms with van der Waals surface area (Å²) in [5, 5.41) is 0. The number of nitrogens with zero attached hydrogens (tertiary/aromatic N) is 1. The molecule has 2 N–H and O–H groups in total. The largest absolute Gasteiger partial charge is 0.497 e. The van der Waals surface area contributed by atoms with Crippen LogP contribution in [0.5, 0.6) is 5.75 Å². The van der Waals surface area contributed by atoms with Crippen molar-refractivity contribution in [2.45, 2.75) is 13.5 Å². The first-order chi connectivity index (χ1) is 10.2. The summed E-state index contributed by atoms with van der Waals surface area (Å²) in [5.41, 5.74) is 8.22. The Morgan fingerprint density at radius 2 is 1.95 bits per heavy atom. The molecule has 0 fully saturated rings. The van der Waals surface area contributed by atoms with Gasteiger partial charge in [0.15, 0.2) is 0 Å². The van der Waals surface area contributed by atoms with Gasteiger partial charge in [-0.05, 0) is 36.8 Å². The fraction of sp³-hybridized carbons (Fsp3) is 0.235. The molecule has 0 aliphatic heterocycles. The van der Waals surface area contributed by atoms with E-state index >= 15 is 0 Å². The molecule has 0 spiro atoms. The van der Waals surface area contributed by atoms with E-state index in [1.165, 1.54) is 0 Å². The molecule has 0 radical (unpaired) electrons. The summed E-state index contributed by atoms with van der Waals surface area (Å²) in [6, 6.07) is 14.8. The average molecular weight is 284 g/mol. The van der Waals surface area contributed by atoms with E-state index in [-0.39, 0.29) is 5.91 Å². The molecule has 0 saturated carbocycles. The van der Waals surface area contributed by atoms with Crippen LogP contribution in [0.25, 0.3) is 0 Å². The van der Waals surface area contributed by atoms with E-state index in [1.54, 1.807) is 24.1 Å². The zero-order chi connectivity index (χ0) is 15.2. The summed E-state index contributed by atoms with van der Waals surface area (Å²) in [5.74, 6) is 0.649. The van der Waals surface area contributed by atoms with Crippen LogP contribution in [0, 0.1) is 0 Å².